The van der Waals surface area contributed by atoms with E-state index in [4.69, 9.17) is 4.74 Å². The summed E-state index contributed by atoms with van der Waals surface area (Å²) >= 11 is 0. The number of benzene rings is 1. The fourth-order valence-electron chi connectivity index (χ4n) is 1.33. The van der Waals surface area contributed by atoms with Gasteiger partial charge in [-0.05, 0) is 19.2 Å². The lowest BCUT2D eigenvalue weighted by Crippen LogP contribution is -2.19. The predicted octanol–water partition coefficient (Wildman–Crippen LogP) is 2.03. The number of alkyl halides is 2. The van der Waals surface area contributed by atoms with Crippen molar-refractivity contribution in [3.63, 3.8) is 0 Å². The van der Waals surface area contributed by atoms with Gasteiger partial charge in [-0.2, -0.15) is 0 Å². The molecule has 0 spiro atoms. The molecular formula is C11H13F2NO2. The molecule has 0 aliphatic heterocycles. The number of rotatable bonds is 5. The molecule has 0 unspecified atom stereocenters. The molecule has 0 aliphatic carbocycles. The summed E-state index contributed by atoms with van der Waals surface area (Å²) in [4.78, 5) is 11.6. The highest BCUT2D eigenvalue weighted by Crippen LogP contribution is 2.26. The van der Waals surface area contributed by atoms with Crippen LogP contribution in [-0.4, -0.2) is 26.5 Å². The largest absolute Gasteiger partial charge is 0.496 e. The number of methoxy groups -OCH3 is 1. The third-order valence-electron chi connectivity index (χ3n) is 2.12. The zero-order valence-electron chi connectivity index (χ0n) is 9.09. The van der Waals surface area contributed by atoms with Crippen LogP contribution in [0, 0.1) is 0 Å². The van der Waals surface area contributed by atoms with Gasteiger partial charge in [0, 0.05) is 5.56 Å². The number of carbonyl (C=O) groups excluding carboxylic acids is 1. The van der Waals surface area contributed by atoms with Crippen LogP contribution in [0.2, 0.25) is 0 Å². The minimum Gasteiger partial charge on any atom is -0.496 e. The monoisotopic (exact) mass is 229 g/mol. The molecular weight excluding hydrogens is 216 g/mol. The molecule has 0 amide bonds. The average Bonchev–Trinajstić information content (AvgIpc) is 2.28. The quantitative estimate of drug-likeness (QED) is 0.785. The van der Waals surface area contributed by atoms with Gasteiger partial charge in [-0.25, -0.2) is 8.78 Å². The normalized spacial score (nSPS) is 10.6. The van der Waals surface area contributed by atoms with Gasteiger partial charge >= 0.3 is 0 Å². The van der Waals surface area contributed by atoms with Crippen molar-refractivity contribution in [3.05, 3.63) is 29.3 Å². The molecule has 0 radical (unpaired) electrons. The van der Waals surface area contributed by atoms with Gasteiger partial charge in [0.25, 0.3) is 6.43 Å². The van der Waals surface area contributed by atoms with Crippen LogP contribution >= 0.6 is 0 Å². The number of Topliss-reactive ketones (excluding diaryl/α,β-unsaturated/α-hetero) is 1. The Morgan fingerprint density at radius 2 is 2.19 bits per heavy atom. The van der Waals surface area contributed by atoms with Crippen molar-refractivity contribution in [2.75, 3.05) is 20.7 Å². The maximum Gasteiger partial charge on any atom is 0.263 e. The van der Waals surface area contributed by atoms with E-state index in [1.807, 2.05) is 0 Å². The third kappa shape index (κ3) is 2.76. The molecule has 1 aromatic rings. The van der Waals surface area contributed by atoms with Gasteiger partial charge in [0.2, 0.25) is 0 Å². The van der Waals surface area contributed by atoms with Crippen LogP contribution in [-0.2, 0) is 0 Å². The first-order valence-electron chi connectivity index (χ1n) is 4.74. The molecule has 0 aliphatic rings. The highest BCUT2D eigenvalue weighted by molar-refractivity contribution is 6.00. The number of hydrogen-bond donors (Lipinski definition) is 1. The lowest BCUT2D eigenvalue weighted by molar-refractivity contribution is 0.0990. The van der Waals surface area contributed by atoms with Gasteiger partial charge in [0.15, 0.2) is 5.78 Å². The van der Waals surface area contributed by atoms with E-state index in [-0.39, 0.29) is 23.6 Å². The molecule has 0 fully saturated rings. The molecule has 5 heteroatoms. The Kier molecular flexibility index (Phi) is 4.37. The maximum atomic E-state index is 12.4. The molecule has 0 saturated carbocycles. The first-order chi connectivity index (χ1) is 7.60. The predicted molar refractivity (Wildman–Crippen MR) is 56.2 cm³/mol. The van der Waals surface area contributed by atoms with Gasteiger partial charge in [-0.15, -0.1) is 0 Å². The van der Waals surface area contributed by atoms with Crippen LogP contribution in [0.3, 0.4) is 0 Å². The fraction of sp³-hybridized carbons (Fsp3) is 0.364. The first kappa shape index (κ1) is 12.6. The molecule has 3 nitrogen and oxygen atoms in total. The summed E-state index contributed by atoms with van der Waals surface area (Å²) in [5.41, 5.74) is 0.152. The number of ether oxygens (including phenoxy) is 1. The fourth-order valence-corrected chi connectivity index (χ4v) is 1.33. The number of halogens is 2. The summed E-state index contributed by atoms with van der Waals surface area (Å²) in [6.45, 7) is 0.143. The van der Waals surface area contributed by atoms with Crippen molar-refractivity contribution in [3.8, 4) is 5.75 Å². The van der Waals surface area contributed by atoms with Crippen molar-refractivity contribution in [1.82, 2.24) is 5.32 Å². The molecule has 0 saturated heterocycles. The van der Waals surface area contributed by atoms with Crippen molar-refractivity contribution in [2.45, 2.75) is 6.43 Å². The Morgan fingerprint density at radius 3 is 2.69 bits per heavy atom. The molecule has 1 N–H and O–H groups in total. The second-order valence-electron chi connectivity index (χ2n) is 3.21. The second-order valence-corrected chi connectivity index (χ2v) is 3.21. The Morgan fingerprint density at radius 1 is 1.50 bits per heavy atom. The van der Waals surface area contributed by atoms with Crippen molar-refractivity contribution < 1.29 is 18.3 Å². The zero-order valence-corrected chi connectivity index (χ0v) is 9.09. The molecule has 1 rings (SSSR count). The highest BCUT2D eigenvalue weighted by atomic mass is 19.3. The second kappa shape index (κ2) is 5.55. The minimum atomic E-state index is -2.57. The number of carbonyl (C=O) groups is 1. The van der Waals surface area contributed by atoms with Gasteiger partial charge in [0.05, 0.1) is 19.2 Å². The number of likely N-dealkylation sites (N-methyl/N-ethyl adjacent to an activating group) is 1. The summed E-state index contributed by atoms with van der Waals surface area (Å²) in [7, 11) is 2.98. The zero-order chi connectivity index (χ0) is 12.1. The Balaban J connectivity index is 3.06. The summed E-state index contributed by atoms with van der Waals surface area (Å²) in [6.07, 6.45) is -2.57. The van der Waals surface area contributed by atoms with E-state index in [0.717, 1.165) is 0 Å². The van der Waals surface area contributed by atoms with Crippen molar-refractivity contribution in [2.24, 2.45) is 0 Å². The minimum absolute atomic E-state index is 0.143. The van der Waals surface area contributed by atoms with Crippen LogP contribution in [0.4, 0.5) is 8.78 Å². The lowest BCUT2D eigenvalue weighted by atomic mass is 10.1. The van der Waals surface area contributed by atoms with E-state index in [1.165, 1.54) is 25.3 Å². The topological polar surface area (TPSA) is 38.3 Å². The molecule has 1 aromatic carbocycles. The van der Waals surface area contributed by atoms with Crippen molar-refractivity contribution >= 4 is 5.78 Å². The average molecular weight is 229 g/mol. The van der Waals surface area contributed by atoms with E-state index in [2.05, 4.69) is 5.32 Å². The highest BCUT2D eigenvalue weighted by Gasteiger charge is 2.15. The molecule has 88 valence electrons. The van der Waals surface area contributed by atoms with Crippen LogP contribution < -0.4 is 10.1 Å². The summed E-state index contributed by atoms with van der Waals surface area (Å²) in [5, 5.41) is 2.70. The van der Waals surface area contributed by atoms with Crippen LogP contribution in [0.25, 0.3) is 0 Å². The van der Waals surface area contributed by atoms with E-state index < -0.39 is 6.43 Å². The van der Waals surface area contributed by atoms with E-state index in [9.17, 15) is 13.6 Å². The van der Waals surface area contributed by atoms with Gasteiger partial charge < -0.3 is 10.1 Å². The van der Waals surface area contributed by atoms with E-state index in [1.54, 1.807) is 7.05 Å². The molecule has 0 bridgehead atoms. The smallest absolute Gasteiger partial charge is 0.263 e. The van der Waals surface area contributed by atoms with Gasteiger partial charge in [-0.1, -0.05) is 6.07 Å². The van der Waals surface area contributed by atoms with Crippen LogP contribution in [0.15, 0.2) is 18.2 Å². The number of nitrogens with one attached hydrogen (secondary N) is 1. The SMILES string of the molecule is CNCC(=O)c1ccc(C(F)F)cc1OC. The first-order valence-corrected chi connectivity index (χ1v) is 4.74. The number of hydrogen-bond acceptors (Lipinski definition) is 3. The molecule has 0 heterocycles. The van der Waals surface area contributed by atoms with Crippen LogP contribution in [0.1, 0.15) is 22.3 Å². The van der Waals surface area contributed by atoms with Gasteiger partial charge in [0.1, 0.15) is 5.75 Å². The summed E-state index contributed by atoms with van der Waals surface area (Å²) in [5.74, 6) is -0.0155. The lowest BCUT2D eigenvalue weighted by Gasteiger charge is -2.09. The van der Waals surface area contributed by atoms with E-state index >= 15 is 0 Å². The molecule has 0 aromatic heterocycles. The molecule has 16 heavy (non-hydrogen) atoms. The van der Waals surface area contributed by atoms with Crippen molar-refractivity contribution in [1.29, 1.82) is 0 Å². The number of ketones is 1. The van der Waals surface area contributed by atoms with E-state index in [0.29, 0.717) is 5.56 Å². The standard InChI is InChI=1S/C11H13F2NO2/c1-14-6-9(15)8-4-3-7(11(12)13)5-10(8)16-2/h3-5,11,14H,6H2,1-2H3. The summed E-state index contributed by atoms with van der Waals surface area (Å²) in [6, 6.07) is 3.78. The van der Waals surface area contributed by atoms with Crippen LogP contribution in [0.5, 0.6) is 5.75 Å². The summed E-state index contributed by atoms with van der Waals surface area (Å²) < 4.78 is 29.7. The Bertz CT molecular complexity index is 380. The third-order valence-corrected chi connectivity index (χ3v) is 2.12. The Labute approximate surface area is 92.4 Å². The molecule has 0 atom stereocenters. The maximum absolute atomic E-state index is 12.4. The van der Waals surface area contributed by atoms with Gasteiger partial charge in [-0.3, -0.25) is 4.79 Å². The Hall–Kier alpha value is -1.49.